The van der Waals surface area contributed by atoms with Crippen LogP contribution in [0.25, 0.3) is 5.69 Å². The number of amides is 1. The molecule has 2 aromatic heterocycles. The van der Waals surface area contributed by atoms with Crippen molar-refractivity contribution >= 4 is 17.2 Å². The van der Waals surface area contributed by atoms with Gasteiger partial charge in [-0.1, -0.05) is 25.1 Å². The molecule has 146 valence electrons. The Bertz CT molecular complexity index is 955. The predicted molar refractivity (Wildman–Crippen MR) is 111 cm³/mol. The lowest BCUT2D eigenvalue weighted by Gasteiger charge is -2.34. The second-order valence-corrected chi connectivity index (χ2v) is 8.06. The number of hydrogen-bond donors (Lipinski definition) is 0. The number of rotatable bonds is 5. The molecule has 0 radical (unpaired) electrons. The highest BCUT2D eigenvalue weighted by Crippen LogP contribution is 2.16. The van der Waals surface area contributed by atoms with Gasteiger partial charge in [0, 0.05) is 44.3 Å². The fraction of sp³-hybridized carbons (Fsp3) is 0.381. The Morgan fingerprint density at radius 2 is 1.96 bits per heavy atom. The number of piperazine rings is 1. The van der Waals surface area contributed by atoms with Crippen LogP contribution in [0.3, 0.4) is 0 Å². The second-order valence-electron chi connectivity index (χ2n) is 7.11. The van der Waals surface area contributed by atoms with Gasteiger partial charge in [-0.05, 0) is 25.0 Å². The number of para-hydroxylation sites is 1. The van der Waals surface area contributed by atoms with E-state index in [1.54, 1.807) is 22.2 Å². The van der Waals surface area contributed by atoms with Gasteiger partial charge < -0.3 is 4.90 Å². The van der Waals surface area contributed by atoms with Gasteiger partial charge in [0.2, 0.25) is 0 Å². The average Bonchev–Trinajstić information content (AvgIpc) is 3.38. The molecule has 1 saturated heterocycles. The number of carbonyl (C=O) groups is 1. The minimum Gasteiger partial charge on any atom is -0.336 e. The van der Waals surface area contributed by atoms with Crippen molar-refractivity contribution in [3.8, 4) is 5.69 Å². The number of benzene rings is 1. The first-order valence-electron chi connectivity index (χ1n) is 9.69. The Morgan fingerprint density at radius 3 is 2.68 bits per heavy atom. The van der Waals surface area contributed by atoms with E-state index in [2.05, 4.69) is 27.3 Å². The Labute approximate surface area is 169 Å². The molecule has 0 unspecified atom stereocenters. The van der Waals surface area contributed by atoms with Crippen LogP contribution < -0.4 is 0 Å². The molecule has 0 saturated carbocycles. The first-order chi connectivity index (χ1) is 13.6. The highest BCUT2D eigenvalue weighted by atomic mass is 32.1. The summed E-state index contributed by atoms with van der Waals surface area (Å²) in [6.07, 6.45) is 4.49. The monoisotopic (exact) mass is 395 g/mol. The molecule has 0 spiro atoms. The lowest BCUT2D eigenvalue weighted by atomic mass is 10.2. The Balaban J connectivity index is 1.36. The Hall–Kier alpha value is -2.51. The lowest BCUT2D eigenvalue weighted by molar-refractivity contribution is 0.0627. The van der Waals surface area contributed by atoms with Crippen LogP contribution in [-0.2, 0) is 13.0 Å². The smallest absolute Gasteiger partial charge is 0.257 e. The molecule has 1 fully saturated rings. The maximum absolute atomic E-state index is 12.9. The quantitative estimate of drug-likeness (QED) is 0.666. The third-order valence-corrected chi connectivity index (χ3v) is 6.18. The van der Waals surface area contributed by atoms with Crippen molar-refractivity contribution in [1.29, 1.82) is 0 Å². The first-order valence-corrected chi connectivity index (χ1v) is 10.6. The van der Waals surface area contributed by atoms with Crippen LogP contribution in [0, 0.1) is 6.92 Å². The molecule has 0 aliphatic carbocycles. The van der Waals surface area contributed by atoms with Crippen LogP contribution in [0.1, 0.15) is 33.5 Å². The number of carbonyl (C=O) groups excluding carboxylic acids is 1. The molecule has 0 atom stereocenters. The van der Waals surface area contributed by atoms with Gasteiger partial charge in [0.25, 0.3) is 5.91 Å². The van der Waals surface area contributed by atoms with Gasteiger partial charge in [0.05, 0.1) is 28.1 Å². The summed E-state index contributed by atoms with van der Waals surface area (Å²) in [6, 6.07) is 8.04. The largest absolute Gasteiger partial charge is 0.336 e. The molecule has 28 heavy (non-hydrogen) atoms. The number of aromatic nitrogens is 3. The zero-order valence-electron chi connectivity index (χ0n) is 16.3. The van der Waals surface area contributed by atoms with Crippen molar-refractivity contribution in [2.45, 2.75) is 26.8 Å². The van der Waals surface area contributed by atoms with E-state index in [-0.39, 0.29) is 5.91 Å². The van der Waals surface area contributed by atoms with Crippen molar-refractivity contribution in [3.05, 3.63) is 63.9 Å². The molecule has 1 amide bonds. The highest BCUT2D eigenvalue weighted by molar-refractivity contribution is 7.09. The van der Waals surface area contributed by atoms with Crippen molar-refractivity contribution in [1.82, 2.24) is 24.6 Å². The van der Waals surface area contributed by atoms with Crippen LogP contribution in [0.15, 0.2) is 42.0 Å². The van der Waals surface area contributed by atoms with Crippen LogP contribution in [0.2, 0.25) is 0 Å². The van der Waals surface area contributed by atoms with E-state index in [4.69, 9.17) is 0 Å². The van der Waals surface area contributed by atoms with Crippen molar-refractivity contribution in [2.24, 2.45) is 0 Å². The first kappa shape index (κ1) is 18.8. The molecule has 3 aromatic rings. The molecular weight excluding hydrogens is 370 g/mol. The van der Waals surface area contributed by atoms with E-state index in [1.165, 1.54) is 5.01 Å². The Morgan fingerprint density at radius 1 is 1.18 bits per heavy atom. The van der Waals surface area contributed by atoms with Crippen molar-refractivity contribution in [2.75, 3.05) is 26.2 Å². The van der Waals surface area contributed by atoms with Gasteiger partial charge in [-0.2, -0.15) is 5.10 Å². The third kappa shape index (κ3) is 4.00. The summed E-state index contributed by atoms with van der Waals surface area (Å²) in [6.45, 7) is 8.26. The average molecular weight is 396 g/mol. The van der Waals surface area contributed by atoms with Gasteiger partial charge in [-0.25, -0.2) is 9.67 Å². The van der Waals surface area contributed by atoms with E-state index in [0.717, 1.165) is 56.1 Å². The maximum atomic E-state index is 12.9. The minimum atomic E-state index is 0.0569. The molecule has 0 N–H and O–H groups in total. The fourth-order valence-electron chi connectivity index (χ4n) is 3.49. The molecule has 1 aromatic carbocycles. The number of thiazole rings is 1. The van der Waals surface area contributed by atoms with E-state index < -0.39 is 0 Å². The predicted octanol–water partition coefficient (Wildman–Crippen LogP) is 3.16. The van der Waals surface area contributed by atoms with E-state index in [0.29, 0.717) is 5.56 Å². The summed E-state index contributed by atoms with van der Waals surface area (Å²) in [5, 5.41) is 7.73. The summed E-state index contributed by atoms with van der Waals surface area (Å²) < 4.78 is 1.78. The Kier molecular flexibility index (Phi) is 5.54. The molecule has 4 rings (SSSR count). The molecule has 1 aliphatic heterocycles. The van der Waals surface area contributed by atoms with E-state index in [1.807, 2.05) is 42.3 Å². The van der Waals surface area contributed by atoms with Gasteiger partial charge in [0.1, 0.15) is 0 Å². The summed E-state index contributed by atoms with van der Waals surface area (Å²) in [4.78, 5) is 21.8. The molecule has 7 heteroatoms. The van der Waals surface area contributed by atoms with Gasteiger partial charge in [0.15, 0.2) is 0 Å². The lowest BCUT2D eigenvalue weighted by Crippen LogP contribution is -2.48. The van der Waals surface area contributed by atoms with Crippen molar-refractivity contribution < 1.29 is 4.79 Å². The zero-order valence-corrected chi connectivity index (χ0v) is 17.2. The molecule has 1 aliphatic rings. The summed E-state index contributed by atoms with van der Waals surface area (Å²) in [5.41, 5.74) is 3.91. The van der Waals surface area contributed by atoms with Crippen LogP contribution in [0.4, 0.5) is 0 Å². The normalized spacial score (nSPS) is 15.1. The maximum Gasteiger partial charge on any atom is 0.257 e. The highest BCUT2D eigenvalue weighted by Gasteiger charge is 2.23. The number of hydrogen-bond acceptors (Lipinski definition) is 5. The van der Waals surface area contributed by atoms with Gasteiger partial charge in [-0.3, -0.25) is 9.69 Å². The van der Waals surface area contributed by atoms with E-state index in [9.17, 15) is 4.79 Å². The minimum absolute atomic E-state index is 0.0569. The molecular formula is C21H25N5OS. The summed E-state index contributed by atoms with van der Waals surface area (Å²) in [7, 11) is 0. The molecule has 3 heterocycles. The van der Waals surface area contributed by atoms with Gasteiger partial charge in [-0.15, -0.1) is 11.3 Å². The summed E-state index contributed by atoms with van der Waals surface area (Å²) >= 11 is 1.73. The SMILES string of the molecule is CCc1nc(CN2CCN(C(=O)c3cnn(-c4ccccc4C)c3)CC2)cs1. The van der Waals surface area contributed by atoms with Gasteiger partial charge >= 0.3 is 0 Å². The molecule has 0 bridgehead atoms. The standard InChI is InChI=1S/C21H25N5OS/c1-3-20-23-18(15-28-20)14-24-8-10-25(11-9-24)21(27)17-12-22-26(13-17)19-7-5-4-6-16(19)2/h4-7,12-13,15H,3,8-11,14H2,1-2H3. The fourth-order valence-corrected chi connectivity index (χ4v) is 4.23. The third-order valence-electron chi connectivity index (χ3n) is 5.14. The van der Waals surface area contributed by atoms with Crippen LogP contribution >= 0.6 is 11.3 Å². The van der Waals surface area contributed by atoms with Crippen LogP contribution in [-0.4, -0.2) is 56.7 Å². The van der Waals surface area contributed by atoms with Crippen molar-refractivity contribution in [3.63, 3.8) is 0 Å². The van der Waals surface area contributed by atoms with E-state index >= 15 is 0 Å². The second kappa shape index (κ2) is 8.24. The topological polar surface area (TPSA) is 54.3 Å². The van der Waals surface area contributed by atoms with Crippen LogP contribution in [0.5, 0.6) is 0 Å². The zero-order chi connectivity index (χ0) is 19.5. The molecule has 6 nitrogen and oxygen atoms in total. The number of nitrogens with zero attached hydrogens (tertiary/aromatic N) is 5. The summed E-state index contributed by atoms with van der Waals surface area (Å²) in [5.74, 6) is 0.0569. The number of aryl methyl sites for hydroxylation is 2.